The Morgan fingerprint density at radius 3 is 2.63 bits per heavy atom. The number of benzene rings is 1. The van der Waals surface area contributed by atoms with E-state index in [0.717, 1.165) is 26.9 Å². The van der Waals surface area contributed by atoms with Crippen molar-refractivity contribution in [2.45, 2.75) is 26.4 Å². The van der Waals surface area contributed by atoms with Crippen molar-refractivity contribution in [2.75, 3.05) is 0 Å². The van der Waals surface area contributed by atoms with Gasteiger partial charge in [-0.3, -0.25) is 4.68 Å². The van der Waals surface area contributed by atoms with Crippen molar-refractivity contribution in [2.24, 2.45) is 7.05 Å². The molecule has 102 valence electrons. The molecule has 1 atom stereocenters. The van der Waals surface area contributed by atoms with Crippen LogP contribution in [-0.2, 0) is 13.5 Å². The van der Waals surface area contributed by atoms with E-state index in [-0.39, 0.29) is 0 Å². The Morgan fingerprint density at radius 2 is 2.11 bits per heavy atom. The number of aliphatic hydroxyl groups excluding tert-OH is 1. The molecule has 0 bridgehead atoms. The minimum absolute atomic E-state index is 0.458. The van der Waals surface area contributed by atoms with Crippen molar-refractivity contribution in [3.05, 3.63) is 50.2 Å². The minimum Gasteiger partial charge on any atom is -0.388 e. The fourth-order valence-corrected chi connectivity index (χ4v) is 3.12. The maximum Gasteiger partial charge on any atom is 0.130 e. The van der Waals surface area contributed by atoms with Crippen LogP contribution in [0.25, 0.3) is 0 Å². The monoisotopic (exact) mass is 342 g/mol. The van der Waals surface area contributed by atoms with E-state index in [9.17, 15) is 5.11 Å². The topological polar surface area (TPSA) is 38.1 Å². The van der Waals surface area contributed by atoms with Gasteiger partial charge in [0.05, 0.1) is 11.8 Å². The van der Waals surface area contributed by atoms with Crippen LogP contribution in [-0.4, -0.2) is 14.9 Å². The van der Waals surface area contributed by atoms with Gasteiger partial charge in [-0.1, -0.05) is 39.7 Å². The summed E-state index contributed by atoms with van der Waals surface area (Å²) in [4.78, 5) is 0. The number of nitrogens with zero attached hydrogens (tertiary/aromatic N) is 2. The van der Waals surface area contributed by atoms with Crippen molar-refractivity contribution >= 4 is 27.5 Å². The molecule has 0 fully saturated rings. The third-order valence-corrected chi connectivity index (χ3v) is 4.34. The molecule has 0 amide bonds. The minimum atomic E-state index is -0.602. The third kappa shape index (κ3) is 3.02. The zero-order valence-electron chi connectivity index (χ0n) is 11.1. The average Bonchev–Trinajstić information content (AvgIpc) is 2.56. The highest BCUT2D eigenvalue weighted by Gasteiger charge is 2.18. The zero-order valence-corrected chi connectivity index (χ0v) is 13.5. The summed E-state index contributed by atoms with van der Waals surface area (Å²) < 4.78 is 2.54. The Labute approximate surface area is 126 Å². The van der Waals surface area contributed by atoms with E-state index >= 15 is 0 Å². The Hall–Kier alpha value is -0.840. The van der Waals surface area contributed by atoms with E-state index in [0.29, 0.717) is 11.6 Å². The van der Waals surface area contributed by atoms with Crippen LogP contribution in [0.2, 0.25) is 5.15 Å². The van der Waals surface area contributed by atoms with Gasteiger partial charge < -0.3 is 5.11 Å². The molecule has 19 heavy (non-hydrogen) atoms. The van der Waals surface area contributed by atoms with Gasteiger partial charge in [0.15, 0.2) is 0 Å². The summed E-state index contributed by atoms with van der Waals surface area (Å²) in [7, 11) is 1.80. The second-order valence-electron chi connectivity index (χ2n) is 4.72. The summed E-state index contributed by atoms with van der Waals surface area (Å²) in [5, 5.41) is 15.2. The zero-order chi connectivity index (χ0) is 14.2. The van der Waals surface area contributed by atoms with E-state index in [4.69, 9.17) is 11.6 Å². The fraction of sp³-hybridized carbons (Fsp3) is 0.357. The number of aromatic nitrogens is 2. The molecule has 0 aliphatic carbocycles. The SMILES string of the molecule is Cc1ccc(C(O)Cc2c(C)nn(C)c2Cl)c(Br)c1. The Morgan fingerprint density at radius 1 is 1.42 bits per heavy atom. The molecule has 1 N–H and O–H groups in total. The molecule has 1 aromatic heterocycles. The van der Waals surface area contributed by atoms with Crippen molar-refractivity contribution in [3.8, 4) is 0 Å². The van der Waals surface area contributed by atoms with Crippen LogP contribution in [0.4, 0.5) is 0 Å². The van der Waals surface area contributed by atoms with E-state index in [1.807, 2.05) is 32.0 Å². The maximum absolute atomic E-state index is 10.4. The molecule has 0 radical (unpaired) electrons. The van der Waals surface area contributed by atoms with Gasteiger partial charge in [-0.2, -0.15) is 5.10 Å². The lowest BCUT2D eigenvalue weighted by molar-refractivity contribution is 0.177. The maximum atomic E-state index is 10.4. The van der Waals surface area contributed by atoms with Gasteiger partial charge in [0.2, 0.25) is 0 Å². The van der Waals surface area contributed by atoms with Gasteiger partial charge in [-0.25, -0.2) is 0 Å². The lowest BCUT2D eigenvalue weighted by atomic mass is 10.0. The average molecular weight is 344 g/mol. The number of halogens is 2. The van der Waals surface area contributed by atoms with Crippen LogP contribution < -0.4 is 0 Å². The van der Waals surface area contributed by atoms with Crippen LogP contribution in [0, 0.1) is 13.8 Å². The van der Waals surface area contributed by atoms with Gasteiger partial charge in [0.25, 0.3) is 0 Å². The fourth-order valence-electron chi connectivity index (χ4n) is 2.11. The summed E-state index contributed by atoms with van der Waals surface area (Å²) in [6.45, 7) is 3.92. The smallest absolute Gasteiger partial charge is 0.130 e. The molecule has 0 spiro atoms. The number of rotatable bonds is 3. The van der Waals surface area contributed by atoms with Crippen molar-refractivity contribution < 1.29 is 5.11 Å². The molecular weight excluding hydrogens is 328 g/mol. The summed E-state index contributed by atoms with van der Waals surface area (Å²) in [5.74, 6) is 0. The highest BCUT2D eigenvalue weighted by Crippen LogP contribution is 2.30. The normalized spacial score (nSPS) is 12.7. The number of aliphatic hydroxyl groups is 1. The Bertz CT molecular complexity index is 610. The van der Waals surface area contributed by atoms with E-state index < -0.39 is 6.10 Å². The largest absolute Gasteiger partial charge is 0.388 e. The highest BCUT2D eigenvalue weighted by molar-refractivity contribution is 9.10. The number of hydrogen-bond acceptors (Lipinski definition) is 2. The molecule has 5 heteroatoms. The van der Waals surface area contributed by atoms with Crippen LogP contribution >= 0.6 is 27.5 Å². The first-order valence-corrected chi connectivity index (χ1v) is 7.19. The standard InChI is InChI=1S/C14H16BrClN2O/c1-8-4-5-10(12(15)6-8)13(19)7-11-9(2)17-18(3)14(11)16/h4-6,13,19H,7H2,1-3H3. The molecule has 1 aromatic carbocycles. The van der Waals surface area contributed by atoms with Crippen molar-refractivity contribution in [1.29, 1.82) is 0 Å². The van der Waals surface area contributed by atoms with Crippen LogP contribution in [0.5, 0.6) is 0 Å². The first-order chi connectivity index (χ1) is 8.90. The predicted octanol–water partition coefficient (Wildman–Crippen LogP) is 3.73. The number of aryl methyl sites for hydroxylation is 3. The summed E-state index contributed by atoms with van der Waals surface area (Å²) >= 11 is 9.68. The lowest BCUT2D eigenvalue weighted by Crippen LogP contribution is -2.04. The van der Waals surface area contributed by atoms with Crippen LogP contribution in [0.15, 0.2) is 22.7 Å². The Kier molecular flexibility index (Phi) is 4.33. The van der Waals surface area contributed by atoms with Crippen LogP contribution in [0.3, 0.4) is 0 Å². The number of hydrogen-bond donors (Lipinski definition) is 1. The van der Waals surface area contributed by atoms with Gasteiger partial charge in [0, 0.05) is 23.5 Å². The van der Waals surface area contributed by atoms with E-state index in [1.54, 1.807) is 11.7 Å². The summed E-state index contributed by atoms with van der Waals surface area (Å²) in [6.07, 6.45) is -0.143. The molecular formula is C14H16BrClN2O. The molecule has 1 heterocycles. The first-order valence-electron chi connectivity index (χ1n) is 6.02. The van der Waals surface area contributed by atoms with Gasteiger partial charge in [-0.05, 0) is 31.0 Å². The van der Waals surface area contributed by atoms with Crippen molar-refractivity contribution in [1.82, 2.24) is 9.78 Å². The van der Waals surface area contributed by atoms with E-state index in [2.05, 4.69) is 21.0 Å². The quantitative estimate of drug-likeness (QED) is 0.922. The second kappa shape index (κ2) is 5.65. The summed E-state index contributed by atoms with van der Waals surface area (Å²) in [5.41, 5.74) is 3.77. The van der Waals surface area contributed by atoms with Crippen LogP contribution in [0.1, 0.15) is 28.5 Å². The van der Waals surface area contributed by atoms with Gasteiger partial charge >= 0.3 is 0 Å². The molecule has 1 unspecified atom stereocenters. The highest BCUT2D eigenvalue weighted by atomic mass is 79.9. The molecule has 3 nitrogen and oxygen atoms in total. The van der Waals surface area contributed by atoms with Gasteiger partial charge in [-0.15, -0.1) is 0 Å². The van der Waals surface area contributed by atoms with Gasteiger partial charge in [0.1, 0.15) is 5.15 Å². The molecule has 2 rings (SSSR count). The predicted molar refractivity (Wildman–Crippen MR) is 80.5 cm³/mol. The van der Waals surface area contributed by atoms with E-state index in [1.165, 1.54) is 0 Å². The molecule has 0 aliphatic rings. The third-order valence-electron chi connectivity index (χ3n) is 3.18. The second-order valence-corrected chi connectivity index (χ2v) is 5.94. The first kappa shape index (κ1) is 14.6. The van der Waals surface area contributed by atoms with Crippen molar-refractivity contribution in [3.63, 3.8) is 0 Å². The molecule has 0 aliphatic heterocycles. The Balaban J connectivity index is 2.28. The molecule has 0 saturated carbocycles. The molecule has 0 saturated heterocycles. The lowest BCUT2D eigenvalue weighted by Gasteiger charge is -2.13. The molecule has 2 aromatic rings. The summed E-state index contributed by atoms with van der Waals surface area (Å²) in [6, 6.07) is 5.92.